The molecule has 0 aliphatic heterocycles. The summed E-state index contributed by atoms with van der Waals surface area (Å²) in [7, 11) is 0. The van der Waals surface area contributed by atoms with E-state index in [0.717, 1.165) is 16.7 Å². The number of hydrogen-bond acceptors (Lipinski definition) is 2. The van der Waals surface area contributed by atoms with E-state index in [4.69, 9.17) is 5.73 Å². The van der Waals surface area contributed by atoms with Gasteiger partial charge in [-0.15, -0.1) is 12.4 Å². The molecule has 0 spiro atoms. The Bertz CT molecular complexity index is 667. The molecule has 2 rings (SSSR count). The lowest BCUT2D eigenvalue weighted by molar-refractivity contribution is -0.125. The molecular weight excluding hydrogens is 327 g/mol. The Kier molecular flexibility index (Phi) is 6.93. The topological polar surface area (TPSA) is 55.1 Å². The average molecular weight is 351 g/mol. The third-order valence-electron chi connectivity index (χ3n) is 4.09. The van der Waals surface area contributed by atoms with Crippen molar-refractivity contribution in [3.05, 3.63) is 71.0 Å². The number of amides is 1. The van der Waals surface area contributed by atoms with Gasteiger partial charge in [0.25, 0.3) is 0 Å². The van der Waals surface area contributed by atoms with Crippen LogP contribution in [0.4, 0.5) is 4.39 Å². The molecule has 1 amide bonds. The average Bonchev–Trinajstić information content (AvgIpc) is 2.53. The molecule has 3 nitrogen and oxygen atoms in total. The van der Waals surface area contributed by atoms with E-state index in [9.17, 15) is 9.18 Å². The molecule has 0 saturated heterocycles. The summed E-state index contributed by atoms with van der Waals surface area (Å²) in [4.78, 5) is 12.5. The first kappa shape index (κ1) is 20.1. The van der Waals surface area contributed by atoms with Gasteiger partial charge in [-0.05, 0) is 49.6 Å². The number of halogens is 2. The van der Waals surface area contributed by atoms with Crippen molar-refractivity contribution >= 4 is 18.3 Å². The highest BCUT2D eigenvalue weighted by atomic mass is 35.5. The van der Waals surface area contributed by atoms with Gasteiger partial charge in [-0.25, -0.2) is 4.39 Å². The van der Waals surface area contributed by atoms with E-state index in [0.29, 0.717) is 6.54 Å². The molecule has 24 heavy (non-hydrogen) atoms. The highest BCUT2D eigenvalue weighted by Crippen LogP contribution is 2.23. The standard InChI is InChI=1S/C19H23FN2O.ClH/c1-13(21)15-6-4-14(5-7-15)12-22-18(23)19(2,3)16-8-10-17(20)11-9-16;/h4-11,13H,12,21H2,1-3H3,(H,22,23);1H. The van der Waals surface area contributed by atoms with E-state index in [1.54, 1.807) is 12.1 Å². The second-order valence-electron chi connectivity index (χ2n) is 6.34. The molecule has 0 aliphatic rings. The first-order valence-electron chi connectivity index (χ1n) is 7.69. The number of nitrogens with one attached hydrogen (secondary N) is 1. The SMILES string of the molecule is CC(N)c1ccc(CNC(=O)C(C)(C)c2ccc(F)cc2)cc1.Cl. The van der Waals surface area contributed by atoms with Crippen molar-refractivity contribution in [3.8, 4) is 0 Å². The van der Waals surface area contributed by atoms with Gasteiger partial charge in [0, 0.05) is 12.6 Å². The number of carbonyl (C=O) groups excluding carboxylic acids is 1. The lowest BCUT2D eigenvalue weighted by Crippen LogP contribution is -2.39. The maximum atomic E-state index is 13.0. The van der Waals surface area contributed by atoms with Crippen molar-refractivity contribution in [2.45, 2.75) is 38.8 Å². The number of nitrogens with two attached hydrogens (primary N) is 1. The molecule has 0 heterocycles. The second kappa shape index (κ2) is 8.27. The van der Waals surface area contributed by atoms with Gasteiger partial charge >= 0.3 is 0 Å². The molecule has 2 aromatic rings. The first-order valence-corrected chi connectivity index (χ1v) is 7.69. The fourth-order valence-corrected chi connectivity index (χ4v) is 2.34. The Labute approximate surface area is 148 Å². The second-order valence-corrected chi connectivity index (χ2v) is 6.34. The van der Waals surface area contributed by atoms with Crippen LogP contribution in [-0.2, 0) is 16.8 Å². The minimum atomic E-state index is -0.723. The van der Waals surface area contributed by atoms with E-state index < -0.39 is 5.41 Å². The Morgan fingerprint density at radius 1 is 1.12 bits per heavy atom. The van der Waals surface area contributed by atoms with Crippen LogP contribution in [0.15, 0.2) is 48.5 Å². The van der Waals surface area contributed by atoms with Gasteiger partial charge in [-0.2, -0.15) is 0 Å². The summed E-state index contributed by atoms with van der Waals surface area (Å²) in [5.74, 6) is -0.403. The third-order valence-corrected chi connectivity index (χ3v) is 4.09. The molecule has 2 aromatic carbocycles. The molecule has 5 heteroatoms. The van der Waals surface area contributed by atoms with Crippen LogP contribution >= 0.6 is 12.4 Å². The maximum absolute atomic E-state index is 13.0. The van der Waals surface area contributed by atoms with E-state index in [-0.39, 0.29) is 30.2 Å². The van der Waals surface area contributed by atoms with Crippen molar-refractivity contribution in [1.82, 2.24) is 5.32 Å². The molecule has 1 unspecified atom stereocenters. The zero-order valence-electron chi connectivity index (χ0n) is 14.2. The van der Waals surface area contributed by atoms with Gasteiger partial charge in [-0.1, -0.05) is 36.4 Å². The lowest BCUT2D eigenvalue weighted by Gasteiger charge is -2.24. The molecule has 0 saturated carbocycles. The summed E-state index contributed by atoms with van der Waals surface area (Å²) in [6.07, 6.45) is 0. The molecule has 1 atom stereocenters. The van der Waals surface area contributed by atoms with Crippen molar-refractivity contribution in [3.63, 3.8) is 0 Å². The van der Waals surface area contributed by atoms with Crippen LogP contribution in [0.25, 0.3) is 0 Å². The largest absolute Gasteiger partial charge is 0.351 e. The molecule has 3 N–H and O–H groups in total. The molecule has 0 aromatic heterocycles. The first-order chi connectivity index (χ1) is 10.8. The minimum absolute atomic E-state index is 0. The van der Waals surface area contributed by atoms with E-state index >= 15 is 0 Å². The summed E-state index contributed by atoms with van der Waals surface area (Å²) in [6.45, 7) is 6.04. The smallest absolute Gasteiger partial charge is 0.230 e. The van der Waals surface area contributed by atoms with Crippen LogP contribution < -0.4 is 11.1 Å². The highest BCUT2D eigenvalue weighted by Gasteiger charge is 2.29. The van der Waals surface area contributed by atoms with Crippen molar-refractivity contribution in [2.75, 3.05) is 0 Å². The van der Waals surface area contributed by atoms with Gasteiger partial charge in [0.2, 0.25) is 5.91 Å². The van der Waals surface area contributed by atoms with Gasteiger partial charge in [-0.3, -0.25) is 4.79 Å². The Balaban J connectivity index is 0.00000288. The summed E-state index contributed by atoms with van der Waals surface area (Å²) in [5, 5.41) is 2.94. The van der Waals surface area contributed by atoms with E-state index in [1.165, 1.54) is 12.1 Å². The molecule has 0 fully saturated rings. The molecule has 130 valence electrons. The minimum Gasteiger partial charge on any atom is -0.351 e. The summed E-state index contributed by atoms with van der Waals surface area (Å²) < 4.78 is 13.0. The van der Waals surface area contributed by atoms with Gasteiger partial charge in [0.05, 0.1) is 5.41 Å². The molecule has 0 bridgehead atoms. The monoisotopic (exact) mass is 350 g/mol. The van der Waals surface area contributed by atoms with Gasteiger partial charge in [0.15, 0.2) is 0 Å². The Hall–Kier alpha value is -1.91. The normalized spacial score (nSPS) is 12.2. The fourth-order valence-electron chi connectivity index (χ4n) is 2.34. The summed E-state index contributed by atoms with van der Waals surface area (Å²) in [5.41, 5.74) is 7.95. The zero-order chi connectivity index (χ0) is 17.0. The molecule has 0 aliphatic carbocycles. The van der Waals surface area contributed by atoms with Crippen LogP contribution in [0.1, 0.15) is 43.5 Å². The number of carbonyl (C=O) groups is 1. The number of hydrogen-bond donors (Lipinski definition) is 2. The highest BCUT2D eigenvalue weighted by molar-refractivity contribution is 5.87. The van der Waals surface area contributed by atoms with Crippen molar-refractivity contribution in [1.29, 1.82) is 0 Å². The van der Waals surface area contributed by atoms with Crippen LogP contribution in [0.2, 0.25) is 0 Å². The fraction of sp³-hybridized carbons (Fsp3) is 0.316. The van der Waals surface area contributed by atoms with Crippen molar-refractivity contribution in [2.24, 2.45) is 5.73 Å². The molecule has 0 radical (unpaired) electrons. The van der Waals surface area contributed by atoms with E-state index in [1.807, 2.05) is 45.0 Å². The maximum Gasteiger partial charge on any atom is 0.230 e. The van der Waals surface area contributed by atoms with Crippen LogP contribution in [0.5, 0.6) is 0 Å². The number of rotatable bonds is 5. The van der Waals surface area contributed by atoms with Gasteiger partial charge in [0.1, 0.15) is 5.82 Å². The predicted molar refractivity (Wildman–Crippen MR) is 97.6 cm³/mol. The van der Waals surface area contributed by atoms with Gasteiger partial charge < -0.3 is 11.1 Å². The van der Waals surface area contributed by atoms with E-state index in [2.05, 4.69) is 5.32 Å². The summed E-state index contributed by atoms with van der Waals surface area (Å²) in [6, 6.07) is 13.9. The quantitative estimate of drug-likeness (QED) is 0.860. The van der Waals surface area contributed by atoms with Crippen molar-refractivity contribution < 1.29 is 9.18 Å². The van der Waals surface area contributed by atoms with Crippen LogP contribution in [-0.4, -0.2) is 5.91 Å². The van der Waals surface area contributed by atoms with Crippen LogP contribution in [0, 0.1) is 5.82 Å². The number of benzene rings is 2. The zero-order valence-corrected chi connectivity index (χ0v) is 15.0. The lowest BCUT2D eigenvalue weighted by atomic mass is 9.83. The molecular formula is C19H24ClFN2O. The third kappa shape index (κ3) is 4.79. The van der Waals surface area contributed by atoms with Crippen LogP contribution in [0.3, 0.4) is 0 Å². The Morgan fingerprint density at radius 2 is 1.67 bits per heavy atom. The predicted octanol–water partition coefficient (Wildman–Crippen LogP) is 3.86. The Morgan fingerprint density at radius 3 is 2.17 bits per heavy atom. The summed E-state index contributed by atoms with van der Waals surface area (Å²) >= 11 is 0.